The average molecular weight is 1570 g/mol. The van der Waals surface area contributed by atoms with E-state index in [0.717, 1.165) is 11.4 Å². The Morgan fingerprint density at radius 1 is 0.0887 bits per heavy atom. The van der Waals surface area contributed by atoms with Gasteiger partial charge in [0.05, 0.1) is 44.1 Å². The molecule has 0 saturated carbocycles. The van der Waals surface area contributed by atoms with Gasteiger partial charge in [0.2, 0.25) is 0 Å². The summed E-state index contributed by atoms with van der Waals surface area (Å²) in [5.41, 5.74) is 28.8. The maximum Gasteiger partial charge on any atom is 0.0541 e. The van der Waals surface area contributed by atoms with Crippen molar-refractivity contribution in [1.82, 2.24) is 18.3 Å². The molecule has 0 radical (unpaired) electrons. The molecule has 0 amide bonds. The standard InChI is InChI=1S/2C60H38N2/c1-2-15-45(16-3-1)61-57-23-10-8-21-52(57)55-37-43(28-33-59(55)61)44-29-34-60-56(38-44)53-22-9-11-24-58(53)62(60)46-30-25-39(26-31-46)40-13-12-14-41(35-40)42-27-32-51-49-19-5-4-17-47(49)48-18-6-7-20-50(48)54(51)36-42;1-2-12-45(13-3-1)61-57-20-10-8-18-52(57)55-37-43(29-34-59(55)61)44-30-35-60-56(38-44)53-19-9-11-21-58(53)62(60)46-31-26-40(27-32-46)39-22-24-41(25-23-39)42-28-33-51-49-16-5-4-14-47(49)48-15-6-7-17-50(48)54(51)36-42/h2*1-38H. The summed E-state index contributed by atoms with van der Waals surface area (Å²) in [6, 6.07) is 169. The highest BCUT2D eigenvalue weighted by atomic mass is 15.0. The molecule has 0 aliphatic rings. The minimum Gasteiger partial charge on any atom is -0.309 e. The van der Waals surface area contributed by atoms with Crippen LogP contribution in [0.25, 0.3) is 241 Å². The number of fused-ring (bicyclic) bond motifs is 24. The van der Waals surface area contributed by atoms with E-state index in [0.29, 0.717) is 0 Å². The Hall–Kier alpha value is -16.4. The first-order chi connectivity index (χ1) is 61.5. The zero-order chi connectivity index (χ0) is 81.5. The van der Waals surface area contributed by atoms with Crippen LogP contribution in [0.15, 0.2) is 461 Å². The lowest BCUT2D eigenvalue weighted by Crippen LogP contribution is -1.94. The summed E-state index contributed by atoms with van der Waals surface area (Å²) in [4.78, 5) is 0. The van der Waals surface area contributed by atoms with Crippen molar-refractivity contribution in [3.8, 4) is 89.5 Å². The Kier molecular flexibility index (Phi) is 16.3. The summed E-state index contributed by atoms with van der Waals surface area (Å²) >= 11 is 0. The number of rotatable bonds is 10. The van der Waals surface area contributed by atoms with Gasteiger partial charge in [-0.1, -0.05) is 322 Å². The van der Waals surface area contributed by atoms with Crippen molar-refractivity contribution in [3.05, 3.63) is 461 Å². The van der Waals surface area contributed by atoms with Crippen LogP contribution in [0, 0.1) is 0 Å². The quantitative estimate of drug-likeness (QED) is 0.122. The molecule has 26 rings (SSSR count). The minimum atomic E-state index is 1.15. The molecule has 0 bridgehead atoms. The second-order valence-electron chi connectivity index (χ2n) is 33.0. The summed E-state index contributed by atoms with van der Waals surface area (Å²) in [6.45, 7) is 0. The highest BCUT2D eigenvalue weighted by Crippen LogP contribution is 2.45. The van der Waals surface area contributed by atoms with E-state index < -0.39 is 0 Å². The number of hydrogen-bond donors (Lipinski definition) is 0. The molecular weight excluding hydrogens is 1500 g/mol. The highest BCUT2D eigenvalue weighted by Gasteiger charge is 2.22. The molecule has 0 unspecified atom stereocenters. The summed E-state index contributed by atoms with van der Waals surface area (Å²) < 4.78 is 9.57. The van der Waals surface area contributed by atoms with Crippen molar-refractivity contribution in [3.63, 3.8) is 0 Å². The SMILES string of the molecule is c1ccc(-n2c3ccccc3c3cc(-c4ccc5c(c4)c4ccccc4n5-c4ccc(-c5ccc(-c6ccc7c8ccccc8c8ccccc8c7c6)cc5)cc4)ccc32)cc1.c1ccc(-n2c3ccccc3c3cc(-c4ccc5c(c4)c4ccccc4n5-c4ccc(-c5cccc(-c6ccc7c8ccccc8c8ccccc8c7c6)c5)cc4)ccc32)cc1. The van der Waals surface area contributed by atoms with Crippen LogP contribution in [0.4, 0.5) is 0 Å². The van der Waals surface area contributed by atoms with Gasteiger partial charge in [0.1, 0.15) is 0 Å². The van der Waals surface area contributed by atoms with Crippen LogP contribution in [-0.2, 0) is 0 Å². The molecule has 4 heterocycles. The molecule has 124 heavy (non-hydrogen) atoms. The topological polar surface area (TPSA) is 19.7 Å². The number of nitrogens with zero attached hydrogens (tertiary/aromatic N) is 4. The van der Waals surface area contributed by atoms with Crippen LogP contribution in [0.1, 0.15) is 0 Å². The van der Waals surface area contributed by atoms with Gasteiger partial charge in [-0.2, -0.15) is 0 Å². The fourth-order valence-electron chi connectivity index (χ4n) is 20.4. The predicted molar refractivity (Wildman–Crippen MR) is 528 cm³/mol. The van der Waals surface area contributed by atoms with Crippen molar-refractivity contribution in [1.29, 1.82) is 0 Å². The number of para-hydroxylation sites is 6. The van der Waals surface area contributed by atoms with Gasteiger partial charge in [0, 0.05) is 65.8 Å². The minimum absolute atomic E-state index is 1.15. The Bertz CT molecular complexity index is 8750. The van der Waals surface area contributed by atoms with Crippen molar-refractivity contribution < 1.29 is 0 Å². The first-order valence-corrected chi connectivity index (χ1v) is 42.8. The first-order valence-electron chi connectivity index (χ1n) is 42.8. The fourth-order valence-corrected chi connectivity index (χ4v) is 20.4. The van der Waals surface area contributed by atoms with Crippen LogP contribution in [0.2, 0.25) is 0 Å². The predicted octanol–water partition coefficient (Wildman–Crippen LogP) is 32.7. The van der Waals surface area contributed by atoms with Gasteiger partial charge in [0.25, 0.3) is 0 Å². The van der Waals surface area contributed by atoms with Crippen LogP contribution >= 0.6 is 0 Å². The van der Waals surface area contributed by atoms with Gasteiger partial charge in [-0.3, -0.25) is 0 Å². The third-order valence-electron chi connectivity index (χ3n) is 26.2. The van der Waals surface area contributed by atoms with E-state index in [-0.39, 0.29) is 0 Å². The molecule has 4 nitrogen and oxygen atoms in total. The highest BCUT2D eigenvalue weighted by molar-refractivity contribution is 6.28. The fraction of sp³-hybridized carbons (Fsp3) is 0. The van der Waals surface area contributed by atoms with Crippen LogP contribution in [-0.4, -0.2) is 18.3 Å². The summed E-state index contributed by atoms with van der Waals surface area (Å²) in [5.74, 6) is 0. The lowest BCUT2D eigenvalue weighted by atomic mass is 9.91. The maximum absolute atomic E-state index is 2.41. The molecule has 0 aliphatic carbocycles. The van der Waals surface area contributed by atoms with Crippen molar-refractivity contribution >= 4 is 152 Å². The molecule has 576 valence electrons. The molecular formula is C120H76N4. The third kappa shape index (κ3) is 11.5. The van der Waals surface area contributed by atoms with Crippen molar-refractivity contribution in [2.75, 3.05) is 0 Å². The van der Waals surface area contributed by atoms with E-state index in [2.05, 4.69) is 479 Å². The van der Waals surface area contributed by atoms with Crippen LogP contribution in [0.5, 0.6) is 0 Å². The normalized spacial score (nSPS) is 11.9. The molecule has 0 N–H and O–H groups in total. The Balaban J connectivity index is 0.000000136. The molecule has 0 fully saturated rings. The molecule has 0 spiro atoms. The smallest absolute Gasteiger partial charge is 0.0541 e. The van der Waals surface area contributed by atoms with Crippen molar-refractivity contribution in [2.24, 2.45) is 0 Å². The number of aromatic nitrogens is 4. The number of hydrogen-bond acceptors (Lipinski definition) is 0. The van der Waals surface area contributed by atoms with Crippen LogP contribution in [0.3, 0.4) is 0 Å². The third-order valence-corrected chi connectivity index (χ3v) is 26.2. The van der Waals surface area contributed by atoms with Gasteiger partial charge >= 0.3 is 0 Å². The van der Waals surface area contributed by atoms with Crippen molar-refractivity contribution in [2.45, 2.75) is 0 Å². The maximum atomic E-state index is 2.41. The van der Waals surface area contributed by atoms with Crippen LogP contribution < -0.4 is 0 Å². The number of benzene rings is 22. The van der Waals surface area contributed by atoms with Gasteiger partial charge in [-0.15, -0.1) is 0 Å². The molecule has 22 aromatic carbocycles. The van der Waals surface area contributed by atoms with Gasteiger partial charge in [-0.05, 0) is 271 Å². The van der Waals surface area contributed by atoms with E-state index in [4.69, 9.17) is 0 Å². The molecule has 0 aliphatic heterocycles. The van der Waals surface area contributed by atoms with E-state index in [9.17, 15) is 0 Å². The molecule has 4 aromatic heterocycles. The molecule has 4 heteroatoms. The Morgan fingerprint density at radius 3 is 0.565 bits per heavy atom. The van der Waals surface area contributed by atoms with E-state index >= 15 is 0 Å². The molecule has 0 atom stereocenters. The second kappa shape index (κ2) is 28.7. The lowest BCUT2D eigenvalue weighted by molar-refractivity contribution is 1.18. The van der Waals surface area contributed by atoms with E-state index in [1.165, 1.54) is 230 Å². The zero-order valence-electron chi connectivity index (χ0n) is 67.7. The largest absolute Gasteiger partial charge is 0.309 e. The van der Waals surface area contributed by atoms with E-state index in [1.54, 1.807) is 0 Å². The monoisotopic (exact) mass is 1570 g/mol. The second-order valence-corrected chi connectivity index (χ2v) is 33.0. The zero-order valence-corrected chi connectivity index (χ0v) is 67.7. The molecule has 0 saturated heterocycles. The van der Waals surface area contributed by atoms with Gasteiger partial charge in [0.15, 0.2) is 0 Å². The van der Waals surface area contributed by atoms with E-state index in [1.807, 2.05) is 0 Å². The first kappa shape index (κ1) is 70.6. The van der Waals surface area contributed by atoms with Gasteiger partial charge < -0.3 is 18.3 Å². The van der Waals surface area contributed by atoms with Gasteiger partial charge in [-0.25, -0.2) is 0 Å². The summed E-state index contributed by atoms with van der Waals surface area (Å²) in [5, 5.41) is 25.6. The molecule has 26 aromatic rings. The Labute approximate surface area is 715 Å². The summed E-state index contributed by atoms with van der Waals surface area (Å²) in [7, 11) is 0. The average Bonchev–Trinajstić information content (AvgIpc) is 1.38. The Morgan fingerprint density at radius 2 is 0.266 bits per heavy atom. The summed E-state index contributed by atoms with van der Waals surface area (Å²) in [6.07, 6.45) is 0. The lowest BCUT2D eigenvalue weighted by Gasteiger charge is -2.13.